The second kappa shape index (κ2) is 7.90. The molecular formula is C16H26N2O2. The van der Waals surface area contributed by atoms with Gasteiger partial charge >= 0.3 is 0 Å². The normalized spacial score (nSPS) is 13.7. The van der Waals surface area contributed by atoms with Gasteiger partial charge in [0, 0.05) is 19.1 Å². The second-order valence-electron chi connectivity index (χ2n) is 4.90. The van der Waals surface area contributed by atoms with Crippen molar-refractivity contribution in [1.29, 1.82) is 0 Å². The number of methoxy groups -OCH3 is 1. The Kier molecular flexibility index (Phi) is 6.52. The lowest BCUT2D eigenvalue weighted by atomic mass is 10.1. The van der Waals surface area contributed by atoms with Gasteiger partial charge in [-0.05, 0) is 45.4 Å². The SMILES string of the molecule is CCN(CC)C(=O)C(C)N[C@H](C)c1cccc(OC)c1. The molecule has 1 aromatic carbocycles. The van der Waals surface area contributed by atoms with Gasteiger partial charge in [0.15, 0.2) is 0 Å². The highest BCUT2D eigenvalue weighted by Gasteiger charge is 2.20. The van der Waals surface area contributed by atoms with Crippen LogP contribution in [-0.2, 0) is 4.79 Å². The minimum atomic E-state index is -0.198. The van der Waals surface area contributed by atoms with E-state index in [1.54, 1.807) is 7.11 Å². The number of benzene rings is 1. The molecule has 0 aromatic heterocycles. The lowest BCUT2D eigenvalue weighted by Crippen LogP contribution is -2.45. The molecule has 0 aliphatic carbocycles. The summed E-state index contributed by atoms with van der Waals surface area (Å²) in [6, 6.07) is 7.81. The third-order valence-corrected chi connectivity index (χ3v) is 3.54. The fourth-order valence-corrected chi connectivity index (χ4v) is 2.26. The van der Waals surface area contributed by atoms with Crippen molar-refractivity contribution in [1.82, 2.24) is 10.2 Å². The van der Waals surface area contributed by atoms with E-state index in [1.807, 2.05) is 49.9 Å². The van der Waals surface area contributed by atoms with Crippen LogP contribution in [0.2, 0.25) is 0 Å². The molecule has 112 valence electrons. The predicted molar refractivity (Wildman–Crippen MR) is 81.9 cm³/mol. The highest BCUT2D eigenvalue weighted by molar-refractivity contribution is 5.81. The molecule has 1 unspecified atom stereocenters. The number of nitrogens with zero attached hydrogens (tertiary/aromatic N) is 1. The summed E-state index contributed by atoms with van der Waals surface area (Å²) in [5.74, 6) is 0.976. The highest BCUT2D eigenvalue weighted by Crippen LogP contribution is 2.19. The largest absolute Gasteiger partial charge is 0.497 e. The summed E-state index contributed by atoms with van der Waals surface area (Å²) in [5, 5.41) is 3.35. The number of hydrogen-bond donors (Lipinski definition) is 1. The summed E-state index contributed by atoms with van der Waals surface area (Å²) >= 11 is 0. The maximum atomic E-state index is 12.2. The Morgan fingerprint density at radius 1 is 1.30 bits per heavy atom. The maximum Gasteiger partial charge on any atom is 0.239 e. The van der Waals surface area contributed by atoms with Crippen molar-refractivity contribution < 1.29 is 9.53 Å². The average molecular weight is 278 g/mol. The average Bonchev–Trinajstić information content (AvgIpc) is 2.48. The number of amides is 1. The first-order chi connectivity index (χ1) is 9.53. The van der Waals surface area contributed by atoms with E-state index in [-0.39, 0.29) is 18.0 Å². The summed E-state index contributed by atoms with van der Waals surface area (Å²) in [7, 11) is 1.66. The molecule has 4 heteroatoms. The summed E-state index contributed by atoms with van der Waals surface area (Å²) in [6.07, 6.45) is 0. The monoisotopic (exact) mass is 278 g/mol. The summed E-state index contributed by atoms with van der Waals surface area (Å²) in [6.45, 7) is 9.46. The fraction of sp³-hybridized carbons (Fsp3) is 0.562. The van der Waals surface area contributed by atoms with Gasteiger partial charge in [-0.3, -0.25) is 10.1 Å². The summed E-state index contributed by atoms with van der Waals surface area (Å²) in [5.41, 5.74) is 1.11. The molecule has 0 radical (unpaired) electrons. The van der Waals surface area contributed by atoms with Gasteiger partial charge in [0.05, 0.1) is 13.2 Å². The lowest BCUT2D eigenvalue weighted by Gasteiger charge is -2.26. The highest BCUT2D eigenvalue weighted by atomic mass is 16.5. The fourth-order valence-electron chi connectivity index (χ4n) is 2.26. The van der Waals surface area contributed by atoms with Crippen LogP contribution < -0.4 is 10.1 Å². The minimum Gasteiger partial charge on any atom is -0.497 e. The maximum absolute atomic E-state index is 12.2. The van der Waals surface area contributed by atoms with Crippen molar-refractivity contribution in [2.45, 2.75) is 39.8 Å². The first-order valence-corrected chi connectivity index (χ1v) is 7.22. The molecule has 0 aliphatic rings. The summed E-state index contributed by atoms with van der Waals surface area (Å²) in [4.78, 5) is 14.1. The Morgan fingerprint density at radius 3 is 2.50 bits per heavy atom. The van der Waals surface area contributed by atoms with Crippen LogP contribution in [-0.4, -0.2) is 37.0 Å². The van der Waals surface area contributed by atoms with Crippen molar-refractivity contribution >= 4 is 5.91 Å². The number of carbonyl (C=O) groups is 1. The number of ether oxygens (including phenoxy) is 1. The Hall–Kier alpha value is -1.55. The van der Waals surface area contributed by atoms with Crippen LogP contribution in [0.3, 0.4) is 0 Å². The van der Waals surface area contributed by atoms with E-state index in [4.69, 9.17) is 4.74 Å². The second-order valence-corrected chi connectivity index (χ2v) is 4.90. The molecule has 1 amide bonds. The van der Waals surface area contributed by atoms with Crippen molar-refractivity contribution in [2.75, 3.05) is 20.2 Å². The molecular weight excluding hydrogens is 252 g/mol. The zero-order chi connectivity index (χ0) is 15.1. The zero-order valence-corrected chi connectivity index (χ0v) is 13.1. The molecule has 2 atom stereocenters. The number of rotatable bonds is 7. The van der Waals surface area contributed by atoms with Gasteiger partial charge in [-0.1, -0.05) is 12.1 Å². The molecule has 0 bridgehead atoms. The van der Waals surface area contributed by atoms with Gasteiger partial charge in [-0.15, -0.1) is 0 Å². The third-order valence-electron chi connectivity index (χ3n) is 3.54. The standard InChI is InChI=1S/C16H26N2O2/c1-6-18(7-2)16(19)13(4)17-12(3)14-9-8-10-15(11-14)20-5/h8-13,17H,6-7H2,1-5H3/t12-,13?/m1/s1. The van der Waals surface area contributed by atoms with E-state index in [0.717, 1.165) is 24.4 Å². The summed E-state index contributed by atoms with van der Waals surface area (Å²) < 4.78 is 5.23. The first-order valence-electron chi connectivity index (χ1n) is 7.22. The lowest BCUT2D eigenvalue weighted by molar-refractivity contribution is -0.132. The van der Waals surface area contributed by atoms with Gasteiger partial charge in [0.2, 0.25) is 5.91 Å². The minimum absolute atomic E-state index is 0.0969. The third kappa shape index (κ3) is 4.23. The molecule has 0 saturated carbocycles. The molecule has 20 heavy (non-hydrogen) atoms. The molecule has 4 nitrogen and oxygen atoms in total. The zero-order valence-electron chi connectivity index (χ0n) is 13.1. The molecule has 0 spiro atoms. The molecule has 1 rings (SSSR count). The van der Waals surface area contributed by atoms with Crippen molar-refractivity contribution in [3.8, 4) is 5.75 Å². The molecule has 1 aromatic rings. The van der Waals surface area contributed by atoms with E-state index in [9.17, 15) is 4.79 Å². The molecule has 0 saturated heterocycles. The van der Waals surface area contributed by atoms with Crippen LogP contribution in [0.15, 0.2) is 24.3 Å². The van der Waals surface area contributed by atoms with Crippen LogP contribution in [0.4, 0.5) is 0 Å². The van der Waals surface area contributed by atoms with Crippen LogP contribution in [0.25, 0.3) is 0 Å². The van der Waals surface area contributed by atoms with Crippen LogP contribution in [0.5, 0.6) is 5.75 Å². The quantitative estimate of drug-likeness (QED) is 0.833. The van der Waals surface area contributed by atoms with E-state index >= 15 is 0 Å². The van der Waals surface area contributed by atoms with Gasteiger partial charge in [-0.2, -0.15) is 0 Å². The molecule has 0 fully saturated rings. The van der Waals surface area contributed by atoms with E-state index in [0.29, 0.717) is 0 Å². The Labute approximate surface area is 122 Å². The van der Waals surface area contributed by atoms with Gasteiger partial charge < -0.3 is 9.64 Å². The Bertz CT molecular complexity index is 430. The van der Waals surface area contributed by atoms with Crippen molar-refractivity contribution in [2.24, 2.45) is 0 Å². The molecule has 0 aliphatic heterocycles. The smallest absolute Gasteiger partial charge is 0.239 e. The number of nitrogens with one attached hydrogen (secondary N) is 1. The van der Waals surface area contributed by atoms with Gasteiger partial charge in [-0.25, -0.2) is 0 Å². The molecule has 0 heterocycles. The van der Waals surface area contributed by atoms with E-state index < -0.39 is 0 Å². The Morgan fingerprint density at radius 2 is 1.95 bits per heavy atom. The van der Waals surface area contributed by atoms with E-state index in [1.165, 1.54) is 0 Å². The van der Waals surface area contributed by atoms with Crippen molar-refractivity contribution in [3.63, 3.8) is 0 Å². The van der Waals surface area contributed by atoms with E-state index in [2.05, 4.69) is 12.2 Å². The van der Waals surface area contributed by atoms with Crippen LogP contribution >= 0.6 is 0 Å². The number of hydrogen-bond acceptors (Lipinski definition) is 3. The molecule has 1 N–H and O–H groups in total. The van der Waals surface area contributed by atoms with Crippen LogP contribution in [0, 0.1) is 0 Å². The van der Waals surface area contributed by atoms with Gasteiger partial charge in [0.25, 0.3) is 0 Å². The van der Waals surface area contributed by atoms with Crippen LogP contribution in [0.1, 0.15) is 39.3 Å². The van der Waals surface area contributed by atoms with Crippen molar-refractivity contribution in [3.05, 3.63) is 29.8 Å². The predicted octanol–water partition coefficient (Wildman–Crippen LogP) is 2.60. The number of carbonyl (C=O) groups excluding carboxylic acids is 1. The number of likely N-dealkylation sites (N-methyl/N-ethyl adjacent to an activating group) is 1. The Balaban J connectivity index is 2.69. The van der Waals surface area contributed by atoms with Gasteiger partial charge in [0.1, 0.15) is 5.75 Å². The first kappa shape index (κ1) is 16.5. The topological polar surface area (TPSA) is 41.6 Å².